The van der Waals surface area contributed by atoms with Crippen molar-refractivity contribution in [1.29, 1.82) is 0 Å². The predicted molar refractivity (Wildman–Crippen MR) is 89.4 cm³/mol. The number of aryl methyl sites for hydroxylation is 1. The molecular formula is C18H19N3O3. The van der Waals surface area contributed by atoms with E-state index in [1.165, 1.54) is 0 Å². The van der Waals surface area contributed by atoms with Gasteiger partial charge in [0.25, 0.3) is 11.8 Å². The highest BCUT2D eigenvalue weighted by molar-refractivity contribution is 5.98. The number of carbonyl (C=O) groups is 2. The number of hydrazine groups is 1. The van der Waals surface area contributed by atoms with E-state index in [1.807, 2.05) is 31.2 Å². The average molecular weight is 325 g/mol. The van der Waals surface area contributed by atoms with E-state index < -0.39 is 6.04 Å². The molecule has 3 rings (SSSR count). The summed E-state index contributed by atoms with van der Waals surface area (Å²) in [6, 6.07) is 13.6. The molecule has 0 spiro atoms. The lowest BCUT2D eigenvalue weighted by Crippen LogP contribution is -2.42. The third-order valence-corrected chi connectivity index (χ3v) is 4.04. The van der Waals surface area contributed by atoms with Crippen LogP contribution in [0.4, 0.5) is 0 Å². The van der Waals surface area contributed by atoms with E-state index >= 15 is 0 Å². The molecule has 1 saturated heterocycles. The highest BCUT2D eigenvalue weighted by Crippen LogP contribution is 2.21. The summed E-state index contributed by atoms with van der Waals surface area (Å²) in [5, 5.41) is 2.79. The van der Waals surface area contributed by atoms with Crippen molar-refractivity contribution in [3.05, 3.63) is 65.2 Å². The Bertz CT molecular complexity index is 741. The highest BCUT2D eigenvalue weighted by atomic mass is 16.5. The van der Waals surface area contributed by atoms with Gasteiger partial charge in [-0.25, -0.2) is 5.43 Å². The summed E-state index contributed by atoms with van der Waals surface area (Å²) in [6.45, 7) is 2.00. The molecule has 0 unspecified atom stereocenters. The quantitative estimate of drug-likeness (QED) is 0.795. The Morgan fingerprint density at radius 2 is 1.75 bits per heavy atom. The van der Waals surface area contributed by atoms with Crippen molar-refractivity contribution in [2.45, 2.75) is 19.0 Å². The van der Waals surface area contributed by atoms with Crippen LogP contribution >= 0.6 is 0 Å². The number of carbonyl (C=O) groups excluding carboxylic acids is 2. The van der Waals surface area contributed by atoms with Crippen molar-refractivity contribution in [2.24, 2.45) is 0 Å². The lowest BCUT2D eigenvalue weighted by atomic mass is 9.99. The molecule has 1 fully saturated rings. The molecule has 6 heteroatoms. The third-order valence-electron chi connectivity index (χ3n) is 4.04. The van der Waals surface area contributed by atoms with Crippen LogP contribution in [0.25, 0.3) is 0 Å². The molecular weight excluding hydrogens is 306 g/mol. The second-order valence-electron chi connectivity index (χ2n) is 5.70. The maximum atomic E-state index is 12.4. The smallest absolute Gasteiger partial charge is 0.258 e. The van der Waals surface area contributed by atoms with Gasteiger partial charge in [-0.05, 0) is 36.8 Å². The molecule has 1 aliphatic rings. The van der Waals surface area contributed by atoms with Crippen molar-refractivity contribution < 1.29 is 14.3 Å². The summed E-state index contributed by atoms with van der Waals surface area (Å²) < 4.78 is 5.08. The van der Waals surface area contributed by atoms with Crippen molar-refractivity contribution >= 4 is 11.8 Å². The van der Waals surface area contributed by atoms with E-state index in [2.05, 4.69) is 16.2 Å². The Balaban J connectivity index is 1.76. The topological polar surface area (TPSA) is 79.5 Å². The van der Waals surface area contributed by atoms with E-state index in [4.69, 9.17) is 4.74 Å². The number of rotatable bonds is 4. The van der Waals surface area contributed by atoms with Crippen LogP contribution in [-0.2, 0) is 4.79 Å². The molecule has 24 heavy (non-hydrogen) atoms. The fourth-order valence-electron chi connectivity index (χ4n) is 2.63. The molecule has 2 atom stereocenters. The lowest BCUT2D eigenvalue weighted by Gasteiger charge is -2.18. The largest absolute Gasteiger partial charge is 0.497 e. The lowest BCUT2D eigenvalue weighted by molar-refractivity contribution is -0.121. The zero-order valence-corrected chi connectivity index (χ0v) is 13.5. The summed E-state index contributed by atoms with van der Waals surface area (Å²) in [4.78, 5) is 24.5. The number of amides is 2. The molecule has 6 nitrogen and oxygen atoms in total. The Morgan fingerprint density at radius 1 is 1.08 bits per heavy atom. The van der Waals surface area contributed by atoms with Crippen molar-refractivity contribution in [3.63, 3.8) is 0 Å². The monoisotopic (exact) mass is 325 g/mol. The van der Waals surface area contributed by atoms with E-state index in [9.17, 15) is 9.59 Å². The number of hydrogen-bond donors (Lipinski definition) is 3. The van der Waals surface area contributed by atoms with Crippen LogP contribution in [0.2, 0.25) is 0 Å². The molecule has 0 radical (unpaired) electrons. The summed E-state index contributed by atoms with van der Waals surface area (Å²) >= 11 is 0. The first kappa shape index (κ1) is 16.0. The number of hydrogen-bond acceptors (Lipinski definition) is 4. The maximum absolute atomic E-state index is 12.4. The molecule has 0 saturated carbocycles. The Hall–Kier alpha value is -2.86. The second-order valence-corrected chi connectivity index (χ2v) is 5.70. The summed E-state index contributed by atoms with van der Waals surface area (Å²) in [7, 11) is 1.57. The zero-order chi connectivity index (χ0) is 17.1. The SMILES string of the molecule is COc1ccc(C(=O)N[C@@H]2C(=O)NN[C@H]2c2ccc(C)cc2)cc1. The maximum Gasteiger partial charge on any atom is 0.258 e. The number of benzene rings is 2. The van der Waals surface area contributed by atoms with Gasteiger partial charge in [0.05, 0.1) is 13.2 Å². The molecule has 2 amide bonds. The average Bonchev–Trinajstić information content (AvgIpc) is 2.96. The van der Waals surface area contributed by atoms with Crippen LogP contribution in [0.3, 0.4) is 0 Å². The molecule has 2 aromatic rings. The van der Waals surface area contributed by atoms with Crippen LogP contribution in [0.1, 0.15) is 27.5 Å². The van der Waals surface area contributed by atoms with Crippen molar-refractivity contribution in [1.82, 2.24) is 16.2 Å². The fraction of sp³-hybridized carbons (Fsp3) is 0.222. The molecule has 3 N–H and O–H groups in total. The van der Waals surface area contributed by atoms with Gasteiger partial charge in [0.15, 0.2) is 0 Å². The van der Waals surface area contributed by atoms with Gasteiger partial charge >= 0.3 is 0 Å². The van der Waals surface area contributed by atoms with Gasteiger partial charge in [0, 0.05) is 5.56 Å². The zero-order valence-electron chi connectivity index (χ0n) is 13.5. The van der Waals surface area contributed by atoms with Crippen LogP contribution in [0, 0.1) is 6.92 Å². The third kappa shape index (κ3) is 3.23. The molecule has 124 valence electrons. The van der Waals surface area contributed by atoms with Gasteiger partial charge in [-0.1, -0.05) is 29.8 Å². The molecule has 0 aromatic heterocycles. The van der Waals surface area contributed by atoms with Gasteiger partial charge in [-0.15, -0.1) is 0 Å². The second kappa shape index (κ2) is 6.72. The van der Waals surface area contributed by atoms with Gasteiger partial charge < -0.3 is 10.1 Å². The van der Waals surface area contributed by atoms with Gasteiger partial charge in [0.2, 0.25) is 0 Å². The van der Waals surface area contributed by atoms with E-state index in [0.29, 0.717) is 11.3 Å². The minimum Gasteiger partial charge on any atom is -0.497 e. The number of nitrogens with one attached hydrogen (secondary N) is 3. The molecule has 0 aliphatic carbocycles. The predicted octanol–water partition coefficient (Wildman–Crippen LogP) is 1.48. The highest BCUT2D eigenvalue weighted by Gasteiger charge is 2.36. The Labute approximate surface area is 140 Å². The Kier molecular flexibility index (Phi) is 4.48. The Morgan fingerprint density at radius 3 is 2.38 bits per heavy atom. The molecule has 0 bridgehead atoms. The van der Waals surface area contributed by atoms with Gasteiger partial charge in [-0.3, -0.25) is 15.0 Å². The standard InChI is InChI=1S/C18H19N3O3/c1-11-3-5-12(6-4-11)15-16(18(23)21-20-15)19-17(22)13-7-9-14(24-2)10-8-13/h3-10,15-16,20H,1-2H3,(H,19,22)(H,21,23)/t15-,16-/m0/s1. The molecule has 2 aromatic carbocycles. The van der Waals surface area contributed by atoms with Crippen LogP contribution < -0.4 is 20.9 Å². The first-order valence-corrected chi connectivity index (χ1v) is 7.65. The van der Waals surface area contributed by atoms with Crippen LogP contribution in [0.15, 0.2) is 48.5 Å². The van der Waals surface area contributed by atoms with Crippen LogP contribution in [0.5, 0.6) is 5.75 Å². The first-order chi connectivity index (χ1) is 11.6. The first-order valence-electron chi connectivity index (χ1n) is 7.65. The van der Waals surface area contributed by atoms with E-state index in [1.54, 1.807) is 31.4 Å². The van der Waals surface area contributed by atoms with Crippen molar-refractivity contribution in [2.75, 3.05) is 7.11 Å². The number of ether oxygens (including phenoxy) is 1. The normalized spacial score (nSPS) is 19.7. The van der Waals surface area contributed by atoms with Gasteiger partial charge in [0.1, 0.15) is 11.8 Å². The van der Waals surface area contributed by atoms with Crippen LogP contribution in [-0.4, -0.2) is 25.0 Å². The van der Waals surface area contributed by atoms with Gasteiger partial charge in [-0.2, -0.15) is 0 Å². The molecule has 1 aliphatic heterocycles. The minimum absolute atomic E-state index is 0.262. The van der Waals surface area contributed by atoms with Crippen molar-refractivity contribution in [3.8, 4) is 5.75 Å². The summed E-state index contributed by atoms with van der Waals surface area (Å²) in [5.41, 5.74) is 8.05. The summed E-state index contributed by atoms with van der Waals surface area (Å²) in [6.07, 6.45) is 0. The minimum atomic E-state index is -0.678. The van der Waals surface area contributed by atoms with E-state index in [-0.39, 0.29) is 17.9 Å². The number of methoxy groups -OCH3 is 1. The fourth-order valence-corrected chi connectivity index (χ4v) is 2.63. The van der Waals surface area contributed by atoms with E-state index in [0.717, 1.165) is 11.1 Å². The summed E-state index contributed by atoms with van der Waals surface area (Å²) in [5.74, 6) is 0.102. The molecule has 1 heterocycles.